The fourth-order valence-electron chi connectivity index (χ4n) is 2.80. The number of aromatic nitrogens is 2. The van der Waals surface area contributed by atoms with Gasteiger partial charge in [-0.3, -0.25) is 0 Å². The Bertz CT molecular complexity index is 1010. The molecule has 0 fully saturated rings. The summed E-state index contributed by atoms with van der Waals surface area (Å²) in [6, 6.07) is 19.1. The molecule has 0 saturated carbocycles. The first-order chi connectivity index (χ1) is 12.7. The minimum Gasteiger partial charge on any atom is -0.396 e. The van der Waals surface area contributed by atoms with Gasteiger partial charge in [0.2, 0.25) is 0 Å². The molecule has 0 bridgehead atoms. The van der Waals surface area contributed by atoms with E-state index in [0.717, 1.165) is 16.8 Å². The van der Waals surface area contributed by atoms with E-state index in [1.165, 1.54) is 0 Å². The van der Waals surface area contributed by atoms with Crippen LogP contribution in [0.5, 0.6) is 0 Å². The highest BCUT2D eigenvalue weighted by Crippen LogP contribution is 2.21. The molecule has 3 rings (SSSR count). The summed E-state index contributed by atoms with van der Waals surface area (Å²) in [5.74, 6) is 0. The Hall–Kier alpha value is -3.01. The van der Waals surface area contributed by atoms with Crippen LogP contribution in [0.1, 0.15) is 28.1 Å². The third-order valence-corrected chi connectivity index (χ3v) is 4.68. The summed E-state index contributed by atoms with van der Waals surface area (Å²) in [6.45, 7) is 1.84. The van der Waals surface area contributed by atoms with Crippen LogP contribution in [-0.2, 0) is 17.7 Å². The van der Waals surface area contributed by atoms with E-state index in [-0.39, 0.29) is 6.61 Å². The summed E-state index contributed by atoms with van der Waals surface area (Å²) in [7, 11) is 0. The molecule has 2 aromatic carbocycles. The number of benzene rings is 2. The predicted octanol–water partition coefficient (Wildman–Crippen LogP) is 2.37. The number of para-hydroxylation sites is 1. The molecule has 0 radical (unpaired) electrons. The monoisotopic (exact) mass is 363 g/mol. The zero-order valence-corrected chi connectivity index (χ0v) is 15.0. The molecule has 130 valence electrons. The number of hydrogen-bond donors (Lipinski definition) is 1. The lowest BCUT2D eigenvalue weighted by molar-refractivity contribution is 0.299. The lowest BCUT2D eigenvalue weighted by atomic mass is 10.0. The van der Waals surface area contributed by atoms with Crippen molar-refractivity contribution in [2.45, 2.75) is 13.3 Å². The molecule has 0 saturated heterocycles. The molecule has 5 nitrogen and oxygen atoms in total. The van der Waals surface area contributed by atoms with Crippen LogP contribution >= 0.6 is 0 Å². The fourth-order valence-corrected chi connectivity index (χ4v) is 3.30. The van der Waals surface area contributed by atoms with Crippen LogP contribution in [0.2, 0.25) is 0 Å². The molecule has 0 unspecified atom stereocenters. The second-order valence-corrected chi connectivity index (χ2v) is 6.33. The van der Waals surface area contributed by atoms with Gasteiger partial charge in [0.25, 0.3) is 0 Å². The standard InChI is InChI=1S/C20H17N3O2S/c1-14-18(13-21)19(23(22-14)17-5-3-2-4-6-17)20(26-25)16-9-7-15(8-10-16)11-12-24/h2-10,24H,11-12H2,1H3. The highest BCUT2D eigenvalue weighted by molar-refractivity contribution is 7.67. The molecular weight excluding hydrogens is 346 g/mol. The molecule has 3 aromatic rings. The maximum Gasteiger partial charge on any atom is 0.106 e. The van der Waals surface area contributed by atoms with Crippen LogP contribution in [0.4, 0.5) is 0 Å². The Balaban J connectivity index is 2.18. The fraction of sp³-hybridized carbons (Fsp3) is 0.150. The van der Waals surface area contributed by atoms with Crippen LogP contribution in [0.3, 0.4) is 0 Å². The zero-order chi connectivity index (χ0) is 18.5. The largest absolute Gasteiger partial charge is 0.396 e. The molecule has 1 aromatic heterocycles. The second kappa shape index (κ2) is 7.91. The van der Waals surface area contributed by atoms with E-state index in [2.05, 4.69) is 11.2 Å². The van der Waals surface area contributed by atoms with Crippen LogP contribution in [0.25, 0.3) is 5.69 Å². The number of rotatable bonds is 5. The second-order valence-electron chi connectivity index (χ2n) is 5.75. The highest BCUT2D eigenvalue weighted by atomic mass is 32.1. The number of nitrogens with zero attached hydrogens (tertiary/aromatic N) is 3. The molecule has 0 spiro atoms. The molecule has 0 aliphatic carbocycles. The van der Waals surface area contributed by atoms with Crippen molar-refractivity contribution < 1.29 is 9.32 Å². The average Bonchev–Trinajstić information content (AvgIpc) is 3.01. The SMILES string of the molecule is Cc1nn(-c2ccccc2)c(C(=S=O)c2ccc(CCO)cc2)c1C#N. The Labute approximate surface area is 155 Å². The number of aryl methyl sites for hydroxylation is 1. The number of aliphatic hydroxyl groups excluding tert-OH is 1. The first kappa shape index (κ1) is 17.8. The topological polar surface area (TPSA) is 78.9 Å². The van der Waals surface area contributed by atoms with Gasteiger partial charge in [-0.2, -0.15) is 10.4 Å². The van der Waals surface area contributed by atoms with Gasteiger partial charge in [-0.25, -0.2) is 8.89 Å². The molecule has 0 atom stereocenters. The van der Waals surface area contributed by atoms with Crippen molar-refractivity contribution >= 4 is 16.1 Å². The minimum atomic E-state index is 0.0742. The van der Waals surface area contributed by atoms with Crippen molar-refractivity contribution in [2.75, 3.05) is 6.61 Å². The van der Waals surface area contributed by atoms with Gasteiger partial charge in [0.15, 0.2) is 0 Å². The maximum absolute atomic E-state index is 12.0. The Morgan fingerprint density at radius 3 is 2.46 bits per heavy atom. The lowest BCUT2D eigenvalue weighted by Gasteiger charge is -2.10. The highest BCUT2D eigenvalue weighted by Gasteiger charge is 2.22. The van der Waals surface area contributed by atoms with Gasteiger partial charge in [-0.1, -0.05) is 42.5 Å². The van der Waals surface area contributed by atoms with Crippen molar-refractivity contribution in [1.82, 2.24) is 9.78 Å². The molecule has 1 heterocycles. The summed E-state index contributed by atoms with van der Waals surface area (Å²) >= 11 is 0.352. The van der Waals surface area contributed by atoms with Gasteiger partial charge >= 0.3 is 0 Å². The first-order valence-corrected chi connectivity index (χ1v) is 8.86. The van der Waals surface area contributed by atoms with Gasteiger partial charge in [0.1, 0.15) is 22.2 Å². The summed E-state index contributed by atoms with van der Waals surface area (Å²) in [5, 5.41) is 23.1. The van der Waals surface area contributed by atoms with E-state index in [4.69, 9.17) is 5.11 Å². The molecule has 1 N–H and O–H groups in total. The zero-order valence-electron chi connectivity index (χ0n) is 14.2. The van der Waals surface area contributed by atoms with Crippen LogP contribution < -0.4 is 0 Å². The predicted molar refractivity (Wildman–Crippen MR) is 102 cm³/mol. The van der Waals surface area contributed by atoms with Crippen molar-refractivity contribution in [1.29, 1.82) is 5.26 Å². The quantitative estimate of drug-likeness (QED) is 0.558. The van der Waals surface area contributed by atoms with Gasteiger partial charge < -0.3 is 5.11 Å². The third kappa shape index (κ3) is 3.36. The normalized spacial score (nSPS) is 10.3. The van der Waals surface area contributed by atoms with Crippen molar-refractivity contribution in [3.05, 3.63) is 82.7 Å². The van der Waals surface area contributed by atoms with Gasteiger partial charge in [-0.15, -0.1) is 0 Å². The summed E-state index contributed by atoms with van der Waals surface area (Å²) in [4.78, 5) is 0.446. The molecular formula is C20H17N3O2S. The van der Waals surface area contributed by atoms with Crippen molar-refractivity contribution in [3.8, 4) is 11.8 Å². The summed E-state index contributed by atoms with van der Waals surface area (Å²) < 4.78 is 13.6. The molecule has 26 heavy (non-hydrogen) atoms. The summed E-state index contributed by atoms with van der Waals surface area (Å²) in [6.07, 6.45) is 0.560. The van der Waals surface area contributed by atoms with E-state index < -0.39 is 0 Å². The molecule has 0 aliphatic rings. The molecule has 0 amide bonds. The van der Waals surface area contributed by atoms with Crippen molar-refractivity contribution in [3.63, 3.8) is 0 Å². The Morgan fingerprint density at radius 1 is 1.19 bits per heavy atom. The van der Waals surface area contributed by atoms with E-state index in [1.54, 1.807) is 11.6 Å². The van der Waals surface area contributed by atoms with Gasteiger partial charge in [-0.05, 0) is 36.6 Å². The van der Waals surface area contributed by atoms with Crippen LogP contribution in [0.15, 0.2) is 54.6 Å². The summed E-state index contributed by atoms with van der Waals surface area (Å²) in [5.41, 5.74) is 3.98. The maximum atomic E-state index is 12.0. The minimum absolute atomic E-state index is 0.0742. The number of aliphatic hydroxyl groups is 1. The number of hydrogen-bond acceptors (Lipinski definition) is 4. The van der Waals surface area contributed by atoms with E-state index in [0.29, 0.717) is 39.5 Å². The third-order valence-electron chi connectivity index (χ3n) is 4.09. The van der Waals surface area contributed by atoms with Crippen LogP contribution in [-0.4, -0.2) is 30.6 Å². The van der Waals surface area contributed by atoms with E-state index in [9.17, 15) is 9.47 Å². The Kier molecular flexibility index (Phi) is 5.42. The first-order valence-electron chi connectivity index (χ1n) is 8.12. The number of nitriles is 1. The van der Waals surface area contributed by atoms with Gasteiger partial charge in [0.05, 0.1) is 22.6 Å². The molecule has 0 aliphatic heterocycles. The van der Waals surface area contributed by atoms with E-state index >= 15 is 0 Å². The van der Waals surface area contributed by atoms with E-state index in [1.807, 2.05) is 54.6 Å². The lowest BCUT2D eigenvalue weighted by Crippen LogP contribution is -2.12. The smallest absolute Gasteiger partial charge is 0.106 e. The van der Waals surface area contributed by atoms with Crippen LogP contribution in [0, 0.1) is 18.3 Å². The van der Waals surface area contributed by atoms with Crippen molar-refractivity contribution in [2.24, 2.45) is 0 Å². The Morgan fingerprint density at radius 2 is 1.88 bits per heavy atom. The average molecular weight is 363 g/mol. The molecule has 6 heteroatoms. The van der Waals surface area contributed by atoms with Gasteiger partial charge in [0, 0.05) is 6.61 Å².